The fraction of sp³-hybridized carbons (Fsp3) is 0.208. The summed E-state index contributed by atoms with van der Waals surface area (Å²) in [4.78, 5) is 32.3. The minimum absolute atomic E-state index is 0.0682. The maximum atomic E-state index is 13.2. The number of furan rings is 1. The average molecular weight is 486 g/mol. The molecule has 0 aliphatic heterocycles. The van der Waals surface area contributed by atoms with Crippen molar-refractivity contribution in [1.82, 2.24) is 14.5 Å². The number of carbonyl (C=O) groups excluding carboxylic acids is 1. The van der Waals surface area contributed by atoms with Gasteiger partial charge in [0, 0.05) is 12.1 Å². The topological polar surface area (TPSA) is 68.3 Å². The van der Waals surface area contributed by atoms with Crippen LogP contribution < -0.4 is 5.56 Å². The lowest BCUT2D eigenvalue weighted by molar-refractivity contribution is -0.128. The van der Waals surface area contributed by atoms with E-state index in [4.69, 9.17) is 16.0 Å². The molecular formula is C24H21ClFN3O3S. The molecular weight excluding hydrogens is 465 g/mol. The zero-order chi connectivity index (χ0) is 23.5. The molecule has 1 unspecified atom stereocenters. The molecule has 0 saturated carbocycles. The first kappa shape index (κ1) is 23.1. The van der Waals surface area contributed by atoms with Crippen LogP contribution in [0, 0.1) is 5.82 Å². The lowest BCUT2D eigenvalue weighted by atomic mass is 10.1. The van der Waals surface area contributed by atoms with Gasteiger partial charge in [-0.1, -0.05) is 35.5 Å². The van der Waals surface area contributed by atoms with E-state index in [1.807, 2.05) is 6.92 Å². The number of nitrogens with zero attached hydrogens (tertiary/aromatic N) is 3. The summed E-state index contributed by atoms with van der Waals surface area (Å²) >= 11 is 7.27. The molecule has 6 nitrogen and oxygen atoms in total. The number of fused-ring (bicyclic) bond motifs is 1. The molecule has 1 amide bonds. The van der Waals surface area contributed by atoms with Gasteiger partial charge in [-0.3, -0.25) is 14.2 Å². The maximum absolute atomic E-state index is 13.2. The van der Waals surface area contributed by atoms with Crippen LogP contribution in [0.1, 0.15) is 24.3 Å². The van der Waals surface area contributed by atoms with Crippen molar-refractivity contribution >= 4 is 40.2 Å². The Kier molecular flexibility index (Phi) is 6.85. The Morgan fingerprint density at radius 2 is 2.00 bits per heavy atom. The minimum atomic E-state index is -0.326. The molecule has 0 aliphatic carbocycles. The van der Waals surface area contributed by atoms with Gasteiger partial charge in [-0.15, -0.1) is 0 Å². The van der Waals surface area contributed by atoms with Crippen LogP contribution in [0.15, 0.2) is 75.2 Å². The lowest BCUT2D eigenvalue weighted by Gasteiger charge is -2.25. The summed E-state index contributed by atoms with van der Waals surface area (Å²) in [6, 6.07) is 14.3. The zero-order valence-electron chi connectivity index (χ0n) is 18.0. The van der Waals surface area contributed by atoms with Crippen LogP contribution in [0.5, 0.6) is 0 Å². The molecule has 0 radical (unpaired) electrons. The largest absolute Gasteiger partial charge is 0.467 e. The normalized spacial score (nSPS) is 12.1. The van der Waals surface area contributed by atoms with Crippen molar-refractivity contribution in [3.05, 3.63) is 93.4 Å². The first-order valence-corrected chi connectivity index (χ1v) is 11.6. The number of aromatic nitrogens is 2. The molecule has 2 aromatic heterocycles. The highest BCUT2D eigenvalue weighted by Gasteiger charge is 2.20. The van der Waals surface area contributed by atoms with Gasteiger partial charge in [-0.05, 0) is 55.0 Å². The van der Waals surface area contributed by atoms with E-state index in [1.54, 1.807) is 54.4 Å². The molecule has 1 atom stereocenters. The fourth-order valence-corrected chi connectivity index (χ4v) is 4.48. The van der Waals surface area contributed by atoms with E-state index >= 15 is 0 Å². The van der Waals surface area contributed by atoms with Gasteiger partial charge in [-0.2, -0.15) is 0 Å². The number of rotatable bonds is 7. The summed E-state index contributed by atoms with van der Waals surface area (Å²) in [5, 5.41) is 1.30. The number of hydrogen-bond acceptors (Lipinski definition) is 5. The van der Waals surface area contributed by atoms with E-state index in [0.717, 1.165) is 5.56 Å². The van der Waals surface area contributed by atoms with Gasteiger partial charge in [0.25, 0.3) is 5.56 Å². The quantitative estimate of drug-likeness (QED) is 0.268. The number of amides is 1. The van der Waals surface area contributed by atoms with Crippen molar-refractivity contribution in [3.8, 4) is 0 Å². The first-order valence-electron chi connectivity index (χ1n) is 10.2. The van der Waals surface area contributed by atoms with E-state index in [0.29, 0.717) is 26.8 Å². The summed E-state index contributed by atoms with van der Waals surface area (Å²) in [7, 11) is 1.69. The number of hydrogen-bond donors (Lipinski definition) is 0. The van der Waals surface area contributed by atoms with Gasteiger partial charge in [0.15, 0.2) is 5.16 Å². The molecule has 0 aliphatic rings. The van der Waals surface area contributed by atoms with Crippen molar-refractivity contribution in [3.63, 3.8) is 0 Å². The molecule has 0 N–H and O–H groups in total. The Morgan fingerprint density at radius 3 is 2.70 bits per heavy atom. The summed E-state index contributed by atoms with van der Waals surface area (Å²) in [6.45, 7) is 2.06. The Bertz CT molecular complexity index is 1340. The van der Waals surface area contributed by atoms with Gasteiger partial charge < -0.3 is 9.32 Å². The third-order valence-corrected chi connectivity index (χ3v) is 6.62. The van der Waals surface area contributed by atoms with Crippen molar-refractivity contribution < 1.29 is 13.6 Å². The van der Waals surface area contributed by atoms with Crippen molar-refractivity contribution in [2.24, 2.45) is 0 Å². The van der Waals surface area contributed by atoms with Crippen LogP contribution >= 0.6 is 23.4 Å². The van der Waals surface area contributed by atoms with Crippen molar-refractivity contribution in [2.75, 3.05) is 12.8 Å². The van der Waals surface area contributed by atoms with Gasteiger partial charge >= 0.3 is 0 Å². The molecule has 4 rings (SSSR count). The summed E-state index contributed by atoms with van der Waals surface area (Å²) in [5.41, 5.74) is 1.05. The second kappa shape index (κ2) is 9.80. The third-order valence-electron chi connectivity index (χ3n) is 5.43. The molecule has 170 valence electrons. The molecule has 0 fully saturated rings. The molecule has 0 saturated heterocycles. The molecule has 0 bridgehead atoms. The number of thioether (sulfide) groups is 1. The Balaban J connectivity index is 1.59. The average Bonchev–Trinajstić information content (AvgIpc) is 3.32. The monoisotopic (exact) mass is 485 g/mol. The fourth-order valence-electron chi connectivity index (χ4n) is 3.39. The summed E-state index contributed by atoms with van der Waals surface area (Å²) < 4.78 is 20.1. The Labute approximate surface area is 199 Å². The van der Waals surface area contributed by atoms with Crippen LogP contribution in [-0.4, -0.2) is 33.2 Å². The van der Waals surface area contributed by atoms with E-state index < -0.39 is 0 Å². The van der Waals surface area contributed by atoms with Crippen molar-refractivity contribution in [2.45, 2.75) is 24.7 Å². The third kappa shape index (κ3) is 5.12. The highest BCUT2D eigenvalue weighted by molar-refractivity contribution is 7.99. The number of benzene rings is 2. The van der Waals surface area contributed by atoms with Crippen LogP contribution in [0.3, 0.4) is 0 Å². The van der Waals surface area contributed by atoms with Crippen LogP contribution in [0.2, 0.25) is 5.02 Å². The minimum Gasteiger partial charge on any atom is -0.467 e. The van der Waals surface area contributed by atoms with Gasteiger partial charge in [0.05, 0.1) is 35.5 Å². The molecule has 33 heavy (non-hydrogen) atoms. The smallest absolute Gasteiger partial charge is 0.262 e. The van der Waals surface area contributed by atoms with E-state index in [9.17, 15) is 14.0 Å². The van der Waals surface area contributed by atoms with Gasteiger partial charge in [-0.25, -0.2) is 9.37 Å². The molecule has 0 spiro atoms. The Hall–Kier alpha value is -3.10. The zero-order valence-corrected chi connectivity index (χ0v) is 19.6. The molecule has 9 heteroatoms. The second-order valence-electron chi connectivity index (χ2n) is 7.55. The van der Waals surface area contributed by atoms with E-state index in [-0.39, 0.29) is 35.6 Å². The standard InChI is InChI=1S/C24H21ClFN3O3S/c1-15(16-5-8-18(26)9-6-16)28(2)22(30)14-33-24-27-21-12-17(25)7-10-20(21)23(31)29(24)13-19-4-3-11-32-19/h3-12,15H,13-14H2,1-2H3. The molecule has 2 heterocycles. The number of carbonyl (C=O) groups is 1. The van der Waals surface area contributed by atoms with Gasteiger partial charge in [0.1, 0.15) is 11.6 Å². The predicted molar refractivity (Wildman–Crippen MR) is 127 cm³/mol. The van der Waals surface area contributed by atoms with E-state index in [1.165, 1.54) is 34.7 Å². The number of halogens is 2. The van der Waals surface area contributed by atoms with Crippen LogP contribution in [-0.2, 0) is 11.3 Å². The maximum Gasteiger partial charge on any atom is 0.262 e. The van der Waals surface area contributed by atoms with Crippen molar-refractivity contribution in [1.29, 1.82) is 0 Å². The summed E-state index contributed by atoms with van der Waals surface area (Å²) in [6.07, 6.45) is 1.54. The van der Waals surface area contributed by atoms with Crippen LogP contribution in [0.4, 0.5) is 4.39 Å². The lowest BCUT2D eigenvalue weighted by Crippen LogP contribution is -2.31. The first-order chi connectivity index (χ1) is 15.8. The van der Waals surface area contributed by atoms with Gasteiger partial charge in [0.2, 0.25) is 5.91 Å². The SMILES string of the molecule is CC(c1ccc(F)cc1)N(C)C(=O)CSc1nc2cc(Cl)ccc2c(=O)n1Cc1ccco1. The van der Waals surface area contributed by atoms with E-state index in [2.05, 4.69) is 4.98 Å². The highest BCUT2D eigenvalue weighted by atomic mass is 35.5. The predicted octanol–water partition coefficient (Wildman–Crippen LogP) is 5.14. The summed E-state index contributed by atoms with van der Waals surface area (Å²) in [5.74, 6) is 0.190. The van der Waals surface area contributed by atoms with Crippen LogP contribution in [0.25, 0.3) is 10.9 Å². The molecule has 4 aromatic rings. The highest BCUT2D eigenvalue weighted by Crippen LogP contribution is 2.24. The molecule has 2 aromatic carbocycles. The second-order valence-corrected chi connectivity index (χ2v) is 8.93. The Morgan fingerprint density at radius 1 is 1.24 bits per heavy atom.